The Balaban J connectivity index is 1.37. The van der Waals surface area contributed by atoms with Crippen molar-refractivity contribution >= 4 is 22.4 Å². The van der Waals surface area contributed by atoms with Crippen LogP contribution in [0.2, 0.25) is 0 Å². The molecular weight excluding hydrogens is 490 g/mol. The van der Waals surface area contributed by atoms with Gasteiger partial charge in [-0.05, 0) is 56.2 Å². The van der Waals surface area contributed by atoms with Crippen LogP contribution in [0, 0.1) is 0 Å². The first-order valence-electron chi connectivity index (χ1n) is 12.3. The van der Waals surface area contributed by atoms with Crippen molar-refractivity contribution in [3.8, 4) is 28.6 Å². The second kappa shape index (κ2) is 11.5. The second-order valence-electron chi connectivity index (χ2n) is 8.90. The van der Waals surface area contributed by atoms with Crippen LogP contribution in [-0.4, -0.2) is 45.5 Å². The maximum absolute atomic E-state index is 12.9. The van der Waals surface area contributed by atoms with Gasteiger partial charge in [0.2, 0.25) is 0 Å². The van der Waals surface area contributed by atoms with Gasteiger partial charge in [0.05, 0.1) is 6.61 Å². The van der Waals surface area contributed by atoms with Crippen molar-refractivity contribution in [2.75, 3.05) is 19.0 Å². The molecule has 0 aliphatic carbocycles. The monoisotopic (exact) mass is 519 g/mol. The molecule has 4 aromatic rings. The van der Waals surface area contributed by atoms with Crippen LogP contribution < -0.4 is 14.8 Å². The Kier molecular flexibility index (Phi) is 7.76. The van der Waals surface area contributed by atoms with E-state index in [1.165, 1.54) is 17.8 Å². The molecule has 1 aliphatic rings. The van der Waals surface area contributed by atoms with E-state index in [1.807, 2.05) is 31.2 Å². The van der Waals surface area contributed by atoms with Gasteiger partial charge in [0.25, 0.3) is 5.91 Å². The Bertz CT molecular complexity index is 1340. The van der Waals surface area contributed by atoms with E-state index in [2.05, 4.69) is 25.1 Å². The minimum Gasteiger partial charge on any atom is -0.488 e. The van der Waals surface area contributed by atoms with E-state index >= 15 is 0 Å². The number of carbonyl (C=O) groups excluding carboxylic acids is 1. The summed E-state index contributed by atoms with van der Waals surface area (Å²) in [5.41, 5.74) is 1.39. The number of thiazole rings is 1. The number of fused-ring (bicyclic) bond motifs is 1. The van der Waals surface area contributed by atoms with Crippen LogP contribution >= 0.6 is 11.3 Å². The topological polar surface area (TPSA) is 100 Å². The summed E-state index contributed by atoms with van der Waals surface area (Å²) in [4.78, 5) is 17.0. The third-order valence-corrected chi connectivity index (χ3v) is 6.68. The molecule has 2 aromatic carbocycles. The number of aryl methyl sites for hydroxylation is 1. The number of methoxy groups -OCH3 is 1. The Morgan fingerprint density at radius 2 is 1.92 bits per heavy atom. The number of nitrogens with one attached hydrogen (secondary N) is 1. The molecule has 1 atom stereocenters. The molecule has 1 amide bonds. The largest absolute Gasteiger partial charge is 0.488 e. The lowest BCUT2D eigenvalue weighted by Gasteiger charge is -2.16. The maximum Gasteiger partial charge on any atom is 0.257 e. The van der Waals surface area contributed by atoms with Gasteiger partial charge in [0.15, 0.2) is 11.0 Å². The van der Waals surface area contributed by atoms with E-state index in [4.69, 9.17) is 14.2 Å². The van der Waals surface area contributed by atoms with Crippen LogP contribution in [0.5, 0.6) is 17.2 Å². The number of hydrogen-bond acceptors (Lipinski definition) is 8. The lowest BCUT2D eigenvalue weighted by atomic mass is 10.1. The summed E-state index contributed by atoms with van der Waals surface area (Å²) in [5.74, 6) is 3.26. The SMILES string of the molecule is COC[C@H](C)Oc1cc(Oc2ccc(-c3nnc4n3CCCCC4)cc2)cc(C(=O)Nc2nccs2)c1. The van der Waals surface area contributed by atoms with Crippen LogP contribution in [-0.2, 0) is 17.7 Å². The molecule has 0 fully saturated rings. The van der Waals surface area contributed by atoms with Gasteiger partial charge < -0.3 is 18.8 Å². The average molecular weight is 520 g/mol. The lowest BCUT2D eigenvalue weighted by molar-refractivity contribution is 0.0916. The van der Waals surface area contributed by atoms with Crippen molar-refractivity contribution in [1.82, 2.24) is 19.7 Å². The van der Waals surface area contributed by atoms with Crippen LogP contribution in [0.15, 0.2) is 54.0 Å². The van der Waals surface area contributed by atoms with E-state index in [0.29, 0.717) is 34.6 Å². The fourth-order valence-electron chi connectivity index (χ4n) is 4.29. The number of ether oxygens (including phenoxy) is 3. The third-order valence-electron chi connectivity index (χ3n) is 5.99. The lowest BCUT2D eigenvalue weighted by Crippen LogP contribution is -2.18. The molecule has 192 valence electrons. The molecule has 1 N–H and O–H groups in total. The number of nitrogens with zero attached hydrogens (tertiary/aromatic N) is 4. The first-order chi connectivity index (χ1) is 18.1. The standard InChI is InChI=1S/C27H29N5O4S/c1-18(17-34-2)35-22-14-20(26(33)29-27-28-11-13-37-27)15-23(16-22)36-21-9-7-19(8-10-21)25-31-30-24-6-4-3-5-12-32(24)25/h7-11,13-16,18H,3-6,12,17H2,1-2H3,(H,28,29,33)/t18-/m0/s1. The van der Waals surface area contributed by atoms with Crippen molar-refractivity contribution in [1.29, 1.82) is 0 Å². The molecule has 2 aromatic heterocycles. The third kappa shape index (κ3) is 6.15. The number of rotatable bonds is 9. The summed E-state index contributed by atoms with van der Waals surface area (Å²) in [6.07, 6.45) is 5.91. The van der Waals surface area contributed by atoms with Gasteiger partial charge in [-0.2, -0.15) is 0 Å². The zero-order valence-corrected chi connectivity index (χ0v) is 21.7. The number of amides is 1. The second-order valence-corrected chi connectivity index (χ2v) is 9.79. The molecule has 0 spiro atoms. The minimum absolute atomic E-state index is 0.201. The smallest absolute Gasteiger partial charge is 0.257 e. The highest BCUT2D eigenvalue weighted by Crippen LogP contribution is 2.31. The number of carbonyl (C=O) groups is 1. The van der Waals surface area contributed by atoms with Gasteiger partial charge >= 0.3 is 0 Å². The van der Waals surface area contributed by atoms with Gasteiger partial charge in [-0.25, -0.2) is 4.98 Å². The van der Waals surface area contributed by atoms with Gasteiger partial charge in [0, 0.05) is 48.8 Å². The average Bonchev–Trinajstić information content (AvgIpc) is 3.48. The first-order valence-corrected chi connectivity index (χ1v) is 13.2. The Hall–Kier alpha value is -3.76. The quantitative estimate of drug-likeness (QED) is 0.308. The molecule has 0 radical (unpaired) electrons. The van der Waals surface area contributed by atoms with Gasteiger partial charge in [-0.15, -0.1) is 21.5 Å². The number of aromatic nitrogens is 4. The molecule has 0 saturated carbocycles. The summed E-state index contributed by atoms with van der Waals surface area (Å²) in [7, 11) is 1.62. The predicted octanol–water partition coefficient (Wildman–Crippen LogP) is 5.59. The van der Waals surface area contributed by atoms with Crippen molar-refractivity contribution in [3.63, 3.8) is 0 Å². The first kappa shape index (κ1) is 24.9. The van der Waals surface area contributed by atoms with E-state index in [9.17, 15) is 4.79 Å². The zero-order valence-electron chi connectivity index (χ0n) is 20.8. The Labute approximate surface area is 219 Å². The molecule has 5 rings (SSSR count). The summed E-state index contributed by atoms with van der Waals surface area (Å²) < 4.78 is 19.5. The zero-order chi connectivity index (χ0) is 25.6. The Morgan fingerprint density at radius 3 is 2.70 bits per heavy atom. The Morgan fingerprint density at radius 1 is 1.08 bits per heavy atom. The molecule has 37 heavy (non-hydrogen) atoms. The summed E-state index contributed by atoms with van der Waals surface area (Å²) in [6.45, 7) is 3.26. The van der Waals surface area contributed by atoms with Crippen LogP contribution in [0.25, 0.3) is 11.4 Å². The molecule has 0 saturated heterocycles. The van der Waals surface area contributed by atoms with Crippen molar-refractivity contribution in [3.05, 3.63) is 65.4 Å². The minimum atomic E-state index is -0.299. The van der Waals surface area contributed by atoms with Crippen molar-refractivity contribution < 1.29 is 19.0 Å². The normalized spacial score (nSPS) is 13.9. The molecule has 9 nitrogen and oxygen atoms in total. The molecule has 1 aliphatic heterocycles. The molecular formula is C27H29N5O4S. The number of benzene rings is 2. The van der Waals surface area contributed by atoms with Crippen molar-refractivity contribution in [2.24, 2.45) is 0 Å². The molecule has 10 heteroatoms. The summed E-state index contributed by atoms with van der Waals surface area (Å²) in [5, 5.41) is 14.0. The highest BCUT2D eigenvalue weighted by Gasteiger charge is 2.17. The number of hydrogen-bond donors (Lipinski definition) is 1. The molecule has 0 unspecified atom stereocenters. The van der Waals surface area contributed by atoms with E-state index in [-0.39, 0.29) is 12.0 Å². The van der Waals surface area contributed by atoms with Gasteiger partial charge in [-0.3, -0.25) is 10.1 Å². The van der Waals surface area contributed by atoms with E-state index < -0.39 is 0 Å². The summed E-state index contributed by atoms with van der Waals surface area (Å²) in [6, 6.07) is 12.9. The fourth-order valence-corrected chi connectivity index (χ4v) is 4.82. The van der Waals surface area contributed by atoms with Crippen LogP contribution in [0.4, 0.5) is 5.13 Å². The predicted molar refractivity (Wildman–Crippen MR) is 142 cm³/mol. The van der Waals surface area contributed by atoms with Crippen LogP contribution in [0.1, 0.15) is 42.4 Å². The van der Waals surface area contributed by atoms with Gasteiger partial charge in [0.1, 0.15) is 29.2 Å². The van der Waals surface area contributed by atoms with Crippen LogP contribution in [0.3, 0.4) is 0 Å². The van der Waals surface area contributed by atoms with E-state index in [1.54, 1.807) is 36.9 Å². The van der Waals surface area contributed by atoms with Gasteiger partial charge in [-0.1, -0.05) is 6.42 Å². The molecule has 3 heterocycles. The highest BCUT2D eigenvalue weighted by molar-refractivity contribution is 7.13. The highest BCUT2D eigenvalue weighted by atomic mass is 32.1. The maximum atomic E-state index is 12.9. The number of anilines is 1. The molecule has 0 bridgehead atoms. The fraction of sp³-hybridized carbons (Fsp3) is 0.333. The van der Waals surface area contributed by atoms with E-state index in [0.717, 1.165) is 43.0 Å². The summed E-state index contributed by atoms with van der Waals surface area (Å²) >= 11 is 1.35. The van der Waals surface area contributed by atoms with Crippen molar-refractivity contribution in [2.45, 2.75) is 45.3 Å².